The topological polar surface area (TPSA) is 75.2 Å². The first-order chi connectivity index (χ1) is 13.6. The molecule has 0 saturated carbocycles. The predicted molar refractivity (Wildman–Crippen MR) is 113 cm³/mol. The third kappa shape index (κ3) is 3.85. The van der Waals surface area contributed by atoms with Gasteiger partial charge in [0.15, 0.2) is 0 Å². The number of thioether (sulfide) groups is 1. The number of rotatable bonds is 6. The smallest absolute Gasteiger partial charge is 0.240 e. The second kappa shape index (κ2) is 8.06. The van der Waals surface area contributed by atoms with Crippen molar-refractivity contribution in [3.8, 4) is 0 Å². The van der Waals surface area contributed by atoms with Crippen molar-refractivity contribution in [3.63, 3.8) is 0 Å². The number of aromatic nitrogens is 2. The van der Waals surface area contributed by atoms with Crippen molar-refractivity contribution >= 4 is 38.5 Å². The van der Waals surface area contributed by atoms with Gasteiger partial charge in [-0.25, -0.2) is 23.1 Å². The van der Waals surface area contributed by atoms with Crippen molar-refractivity contribution < 1.29 is 8.42 Å². The zero-order valence-corrected chi connectivity index (χ0v) is 17.3. The molecule has 2 heterocycles. The summed E-state index contributed by atoms with van der Waals surface area (Å²) in [6.07, 6.45) is 4.33. The van der Waals surface area contributed by atoms with Crippen LogP contribution in [0, 0.1) is 0 Å². The number of sulfonamides is 1. The summed E-state index contributed by atoms with van der Waals surface area (Å²) < 4.78 is 27.7. The minimum Gasteiger partial charge on any atom is -0.356 e. The lowest BCUT2D eigenvalue weighted by molar-refractivity contribution is 0.579. The molecule has 1 aliphatic rings. The fourth-order valence-electron chi connectivity index (χ4n) is 3.43. The lowest BCUT2D eigenvalue weighted by Gasteiger charge is -2.20. The van der Waals surface area contributed by atoms with Crippen molar-refractivity contribution in [2.75, 3.05) is 24.2 Å². The highest BCUT2D eigenvalue weighted by atomic mass is 32.2. The fourth-order valence-corrected chi connectivity index (χ4v) is 5.04. The normalized spacial score (nSPS) is 14.7. The zero-order chi connectivity index (χ0) is 19.6. The molecule has 146 valence electrons. The lowest BCUT2D eigenvalue weighted by atomic mass is 10.2. The first-order valence-corrected chi connectivity index (χ1v) is 11.9. The van der Waals surface area contributed by atoms with Gasteiger partial charge in [-0.3, -0.25) is 0 Å². The van der Waals surface area contributed by atoms with E-state index in [4.69, 9.17) is 4.98 Å². The van der Waals surface area contributed by atoms with E-state index in [0.29, 0.717) is 5.82 Å². The molecule has 4 rings (SSSR count). The molecule has 8 heteroatoms. The molecule has 0 atom stereocenters. The molecule has 1 aliphatic heterocycles. The van der Waals surface area contributed by atoms with Crippen LogP contribution in [-0.4, -0.2) is 37.7 Å². The molecule has 0 bridgehead atoms. The Morgan fingerprint density at radius 2 is 1.79 bits per heavy atom. The van der Waals surface area contributed by atoms with Gasteiger partial charge in [-0.1, -0.05) is 24.3 Å². The molecule has 0 amide bonds. The number of benzene rings is 2. The highest BCUT2D eigenvalue weighted by molar-refractivity contribution is 7.98. The van der Waals surface area contributed by atoms with Gasteiger partial charge >= 0.3 is 0 Å². The maximum absolute atomic E-state index is 12.5. The molecule has 28 heavy (non-hydrogen) atoms. The molecule has 1 fully saturated rings. The molecule has 6 nitrogen and oxygen atoms in total. The van der Waals surface area contributed by atoms with Crippen LogP contribution < -0.4 is 9.62 Å². The lowest BCUT2D eigenvalue weighted by Crippen LogP contribution is -2.26. The molecular weight excluding hydrogens is 392 g/mol. The molecule has 2 aromatic carbocycles. The van der Waals surface area contributed by atoms with Crippen molar-refractivity contribution in [1.82, 2.24) is 14.7 Å². The van der Waals surface area contributed by atoms with Gasteiger partial charge in [0.05, 0.1) is 22.3 Å². The number of hydrogen-bond donors (Lipinski definition) is 1. The van der Waals surface area contributed by atoms with Gasteiger partial charge in [-0.15, -0.1) is 11.8 Å². The summed E-state index contributed by atoms with van der Waals surface area (Å²) in [5.41, 5.74) is 0.845. The van der Waals surface area contributed by atoms with E-state index in [2.05, 4.69) is 20.7 Å². The SMILES string of the molecule is CSc1cccc2nc(CNS(=O)(=O)c3ccccc3)nc(N3CCCC3)c12. The molecule has 0 aliphatic carbocycles. The second-order valence-corrected chi connectivity index (χ2v) is 9.26. The van der Waals surface area contributed by atoms with E-state index in [1.807, 2.05) is 18.4 Å². The Labute approximate surface area is 169 Å². The van der Waals surface area contributed by atoms with Gasteiger partial charge < -0.3 is 4.90 Å². The van der Waals surface area contributed by atoms with Crippen molar-refractivity contribution in [2.24, 2.45) is 0 Å². The highest BCUT2D eigenvalue weighted by Gasteiger charge is 2.21. The standard InChI is InChI=1S/C20H22N4O2S2/c1-27-17-11-7-10-16-19(17)20(24-12-5-6-13-24)23-18(22-16)14-21-28(25,26)15-8-3-2-4-9-15/h2-4,7-11,21H,5-6,12-14H2,1H3. The molecule has 0 spiro atoms. The zero-order valence-electron chi connectivity index (χ0n) is 15.6. The number of hydrogen-bond acceptors (Lipinski definition) is 6. The quantitative estimate of drug-likeness (QED) is 0.623. The van der Waals surface area contributed by atoms with Crippen LogP contribution in [-0.2, 0) is 16.6 Å². The summed E-state index contributed by atoms with van der Waals surface area (Å²) in [4.78, 5) is 13.0. The molecule has 3 aromatic rings. The monoisotopic (exact) mass is 414 g/mol. The first kappa shape index (κ1) is 19.2. The van der Waals surface area contributed by atoms with Gasteiger partial charge in [0, 0.05) is 18.0 Å². The molecule has 1 saturated heterocycles. The van der Waals surface area contributed by atoms with Crippen LogP contribution in [0.4, 0.5) is 5.82 Å². The number of nitrogens with one attached hydrogen (secondary N) is 1. The van der Waals surface area contributed by atoms with Crippen LogP contribution in [0.1, 0.15) is 18.7 Å². The Morgan fingerprint density at radius 3 is 2.50 bits per heavy atom. The maximum atomic E-state index is 12.5. The molecule has 1 aromatic heterocycles. The van der Waals surface area contributed by atoms with Gasteiger partial charge in [0.1, 0.15) is 11.6 Å². The predicted octanol–water partition coefficient (Wildman–Crippen LogP) is 3.43. The summed E-state index contributed by atoms with van der Waals surface area (Å²) >= 11 is 1.67. The Hall–Kier alpha value is -2.16. The number of anilines is 1. The Bertz CT molecular complexity index is 1080. The highest BCUT2D eigenvalue weighted by Crippen LogP contribution is 2.34. The van der Waals surface area contributed by atoms with Crippen molar-refractivity contribution in [2.45, 2.75) is 29.2 Å². The molecule has 1 N–H and O–H groups in total. The number of fused-ring (bicyclic) bond motifs is 1. The van der Waals surface area contributed by atoms with E-state index in [1.54, 1.807) is 42.1 Å². The fraction of sp³-hybridized carbons (Fsp3) is 0.300. The van der Waals surface area contributed by atoms with Crippen LogP contribution >= 0.6 is 11.8 Å². The summed E-state index contributed by atoms with van der Waals surface area (Å²) in [5, 5.41) is 1.05. The van der Waals surface area contributed by atoms with Gasteiger partial charge in [-0.2, -0.15) is 0 Å². The van der Waals surface area contributed by atoms with Crippen LogP contribution in [0.3, 0.4) is 0 Å². The average Bonchev–Trinajstić information content (AvgIpc) is 3.26. The second-order valence-electron chi connectivity index (χ2n) is 6.65. The summed E-state index contributed by atoms with van der Waals surface area (Å²) in [6.45, 7) is 1.98. The van der Waals surface area contributed by atoms with Crippen molar-refractivity contribution in [1.29, 1.82) is 0 Å². The third-order valence-corrected chi connectivity index (χ3v) is 7.01. The molecular formula is C20H22N4O2S2. The minimum atomic E-state index is -3.60. The van der Waals surface area contributed by atoms with E-state index >= 15 is 0 Å². The molecule has 0 radical (unpaired) electrons. The maximum Gasteiger partial charge on any atom is 0.240 e. The van der Waals surface area contributed by atoms with E-state index < -0.39 is 10.0 Å². The first-order valence-electron chi connectivity index (χ1n) is 9.22. The van der Waals surface area contributed by atoms with E-state index in [9.17, 15) is 8.42 Å². The van der Waals surface area contributed by atoms with E-state index in [1.165, 1.54) is 0 Å². The van der Waals surface area contributed by atoms with E-state index in [0.717, 1.165) is 47.5 Å². The Balaban J connectivity index is 1.70. The van der Waals surface area contributed by atoms with Crippen molar-refractivity contribution in [3.05, 3.63) is 54.4 Å². The van der Waals surface area contributed by atoms with Crippen LogP contribution in [0.15, 0.2) is 58.3 Å². The molecule has 0 unspecified atom stereocenters. The van der Waals surface area contributed by atoms with Crippen LogP contribution in [0.2, 0.25) is 0 Å². The minimum absolute atomic E-state index is 0.0531. The Morgan fingerprint density at radius 1 is 1.04 bits per heavy atom. The van der Waals surface area contributed by atoms with Crippen LogP contribution in [0.25, 0.3) is 10.9 Å². The van der Waals surface area contributed by atoms with Gasteiger partial charge in [-0.05, 0) is 43.4 Å². The van der Waals surface area contributed by atoms with Crippen LogP contribution in [0.5, 0.6) is 0 Å². The third-order valence-electron chi connectivity index (χ3n) is 4.81. The summed E-state index contributed by atoms with van der Waals surface area (Å²) in [6, 6.07) is 14.4. The van der Waals surface area contributed by atoms with E-state index in [-0.39, 0.29) is 11.4 Å². The number of nitrogens with zero attached hydrogens (tertiary/aromatic N) is 3. The average molecular weight is 415 g/mol. The summed E-state index contributed by atoms with van der Waals surface area (Å²) in [7, 11) is -3.60. The Kier molecular flexibility index (Phi) is 5.52. The largest absolute Gasteiger partial charge is 0.356 e. The van der Waals surface area contributed by atoms with Gasteiger partial charge in [0.2, 0.25) is 10.0 Å². The summed E-state index contributed by atoms with van der Waals surface area (Å²) in [5.74, 6) is 1.38. The van der Waals surface area contributed by atoms with Gasteiger partial charge in [0.25, 0.3) is 0 Å².